The molecule has 30 heavy (non-hydrogen) atoms. The summed E-state index contributed by atoms with van der Waals surface area (Å²) in [4.78, 5) is 11.9. The van der Waals surface area contributed by atoms with E-state index in [4.69, 9.17) is 4.74 Å². The van der Waals surface area contributed by atoms with Gasteiger partial charge < -0.3 is 10.1 Å². The molecule has 0 saturated heterocycles. The van der Waals surface area contributed by atoms with Gasteiger partial charge in [0.25, 0.3) is 0 Å². The normalized spacial score (nSPS) is 17.8. The second kappa shape index (κ2) is 10.2. The standard InChI is InChI=1S/C24H32F3NO2/c1-5-6-7-10-18-14-20(28-22(29)16-24(25,26)27)19-11-13-23(4,30-21(19)15-18)12-8-9-17(2)3/h9,11,13-15H,5-8,10,12,16H2,1-4H3,(H,28,29). The van der Waals surface area contributed by atoms with Crippen molar-refractivity contribution in [1.29, 1.82) is 0 Å². The summed E-state index contributed by atoms with van der Waals surface area (Å²) >= 11 is 0. The molecule has 1 aliphatic rings. The average Bonchev–Trinajstić information content (AvgIpc) is 2.59. The predicted octanol–water partition coefficient (Wildman–Crippen LogP) is 7.22. The maximum Gasteiger partial charge on any atom is 0.397 e. The van der Waals surface area contributed by atoms with Gasteiger partial charge in [0.1, 0.15) is 17.8 Å². The second-order valence-electron chi connectivity index (χ2n) is 8.42. The molecule has 1 heterocycles. The number of fused-ring (bicyclic) bond motifs is 1. The summed E-state index contributed by atoms with van der Waals surface area (Å²) in [5.74, 6) is -0.464. The topological polar surface area (TPSA) is 38.3 Å². The van der Waals surface area contributed by atoms with E-state index in [1.165, 1.54) is 5.57 Å². The van der Waals surface area contributed by atoms with Gasteiger partial charge in [-0.25, -0.2) is 0 Å². The molecule has 0 spiro atoms. The number of anilines is 1. The Labute approximate surface area is 177 Å². The summed E-state index contributed by atoms with van der Waals surface area (Å²) in [6, 6.07) is 3.72. The molecular weight excluding hydrogens is 391 g/mol. The minimum atomic E-state index is -4.54. The van der Waals surface area contributed by atoms with Gasteiger partial charge in [0, 0.05) is 5.56 Å². The maximum atomic E-state index is 12.6. The van der Waals surface area contributed by atoms with Crippen LogP contribution in [-0.4, -0.2) is 17.7 Å². The molecule has 1 N–H and O–H groups in total. The van der Waals surface area contributed by atoms with Crippen LogP contribution in [-0.2, 0) is 11.2 Å². The van der Waals surface area contributed by atoms with Crippen LogP contribution in [0.1, 0.15) is 77.3 Å². The summed E-state index contributed by atoms with van der Waals surface area (Å²) < 4.78 is 44.1. The van der Waals surface area contributed by atoms with E-state index in [0.29, 0.717) is 17.0 Å². The van der Waals surface area contributed by atoms with E-state index in [1.54, 1.807) is 6.07 Å². The summed E-state index contributed by atoms with van der Waals surface area (Å²) in [7, 11) is 0. The molecule has 166 valence electrons. The molecule has 1 unspecified atom stereocenters. The molecule has 1 amide bonds. The van der Waals surface area contributed by atoms with Gasteiger partial charge in [-0.05, 0) is 76.3 Å². The van der Waals surface area contributed by atoms with E-state index < -0.39 is 24.1 Å². The van der Waals surface area contributed by atoms with Crippen molar-refractivity contribution in [2.45, 2.75) is 84.4 Å². The van der Waals surface area contributed by atoms with E-state index in [-0.39, 0.29) is 0 Å². The largest absolute Gasteiger partial charge is 0.483 e. The number of ether oxygens (including phenoxy) is 1. The Balaban J connectivity index is 2.29. The zero-order chi connectivity index (χ0) is 22.4. The molecule has 0 bridgehead atoms. The van der Waals surface area contributed by atoms with Crippen LogP contribution in [0.4, 0.5) is 18.9 Å². The fourth-order valence-electron chi connectivity index (χ4n) is 3.47. The third kappa shape index (κ3) is 7.54. The molecule has 1 atom stereocenters. The summed E-state index contributed by atoms with van der Waals surface area (Å²) in [5, 5.41) is 2.44. The van der Waals surface area contributed by atoms with Crippen LogP contribution >= 0.6 is 0 Å². The molecule has 0 aromatic heterocycles. The van der Waals surface area contributed by atoms with Crippen LogP contribution in [0.2, 0.25) is 0 Å². The molecule has 6 heteroatoms. The van der Waals surface area contributed by atoms with E-state index in [1.807, 2.05) is 39.0 Å². The van der Waals surface area contributed by atoms with Crippen LogP contribution in [0.5, 0.6) is 5.75 Å². The van der Waals surface area contributed by atoms with Gasteiger partial charge in [-0.1, -0.05) is 31.4 Å². The van der Waals surface area contributed by atoms with Gasteiger partial charge in [-0.2, -0.15) is 13.2 Å². The van der Waals surface area contributed by atoms with Crippen molar-refractivity contribution in [2.24, 2.45) is 0 Å². The number of allylic oxidation sites excluding steroid dienone is 2. The number of carbonyl (C=O) groups excluding carboxylic acids is 1. The number of unbranched alkanes of at least 4 members (excludes halogenated alkanes) is 2. The van der Waals surface area contributed by atoms with Crippen LogP contribution < -0.4 is 10.1 Å². The van der Waals surface area contributed by atoms with Crippen molar-refractivity contribution in [3.63, 3.8) is 0 Å². The maximum absolute atomic E-state index is 12.6. The molecule has 3 nitrogen and oxygen atoms in total. The van der Waals surface area contributed by atoms with Gasteiger partial charge in [-0.3, -0.25) is 4.79 Å². The van der Waals surface area contributed by atoms with Crippen molar-refractivity contribution in [1.82, 2.24) is 0 Å². The first-order chi connectivity index (χ1) is 14.0. The fraction of sp³-hybridized carbons (Fsp3) is 0.542. The van der Waals surface area contributed by atoms with Crippen LogP contribution in [0, 0.1) is 0 Å². The summed E-state index contributed by atoms with van der Waals surface area (Å²) in [6.45, 7) is 8.21. The monoisotopic (exact) mass is 423 g/mol. The average molecular weight is 424 g/mol. The molecule has 0 saturated carbocycles. The highest BCUT2D eigenvalue weighted by Gasteiger charge is 2.32. The predicted molar refractivity (Wildman–Crippen MR) is 116 cm³/mol. The third-order valence-corrected chi connectivity index (χ3v) is 5.04. The number of nitrogens with one attached hydrogen (secondary N) is 1. The number of halogens is 3. The Kier molecular flexibility index (Phi) is 8.16. The lowest BCUT2D eigenvalue weighted by atomic mass is 9.93. The van der Waals surface area contributed by atoms with E-state index in [2.05, 4.69) is 18.3 Å². The van der Waals surface area contributed by atoms with Crippen molar-refractivity contribution in [3.05, 3.63) is 41.0 Å². The SMILES string of the molecule is CCCCCc1cc(NC(=O)CC(F)(F)F)c2c(c1)OC(C)(CCC=C(C)C)C=C2. The Morgan fingerprint density at radius 1 is 1.23 bits per heavy atom. The van der Waals surface area contributed by atoms with Crippen LogP contribution in [0.15, 0.2) is 29.9 Å². The quantitative estimate of drug-likeness (QED) is 0.336. The van der Waals surface area contributed by atoms with Gasteiger partial charge >= 0.3 is 6.18 Å². The number of amides is 1. The second-order valence-corrected chi connectivity index (χ2v) is 8.42. The summed E-state index contributed by atoms with van der Waals surface area (Å²) in [6.07, 6.45) is 5.41. The molecule has 1 aromatic rings. The third-order valence-electron chi connectivity index (χ3n) is 5.04. The molecule has 1 aliphatic heterocycles. The van der Waals surface area contributed by atoms with Gasteiger partial charge in [-0.15, -0.1) is 0 Å². The van der Waals surface area contributed by atoms with Gasteiger partial charge in [0.2, 0.25) is 5.91 Å². The molecule has 2 rings (SSSR count). The molecule has 0 aliphatic carbocycles. The number of hydrogen-bond acceptors (Lipinski definition) is 2. The highest BCUT2D eigenvalue weighted by Crippen LogP contribution is 2.39. The Bertz CT molecular complexity index is 807. The lowest BCUT2D eigenvalue weighted by molar-refractivity contribution is -0.150. The number of benzene rings is 1. The minimum absolute atomic E-state index is 0.371. The number of carbonyl (C=O) groups is 1. The summed E-state index contributed by atoms with van der Waals surface area (Å²) in [5.41, 5.74) is 2.67. The molecule has 1 aromatic carbocycles. The van der Waals surface area contributed by atoms with Gasteiger partial charge in [0.15, 0.2) is 0 Å². The fourth-order valence-corrected chi connectivity index (χ4v) is 3.47. The number of rotatable bonds is 9. The van der Waals surface area contributed by atoms with Crippen LogP contribution in [0.3, 0.4) is 0 Å². The Morgan fingerprint density at radius 3 is 2.60 bits per heavy atom. The first-order valence-electron chi connectivity index (χ1n) is 10.6. The number of alkyl halides is 3. The van der Waals surface area contributed by atoms with Gasteiger partial charge in [0.05, 0.1) is 5.69 Å². The minimum Gasteiger partial charge on any atom is -0.483 e. The Morgan fingerprint density at radius 2 is 1.97 bits per heavy atom. The first-order valence-corrected chi connectivity index (χ1v) is 10.6. The van der Waals surface area contributed by atoms with Crippen LogP contribution in [0.25, 0.3) is 6.08 Å². The first kappa shape index (κ1) is 24.0. The molecular formula is C24H32F3NO2. The highest BCUT2D eigenvalue weighted by atomic mass is 19.4. The van der Waals surface area contributed by atoms with Crippen molar-refractivity contribution in [3.8, 4) is 5.75 Å². The van der Waals surface area contributed by atoms with E-state index in [9.17, 15) is 18.0 Å². The van der Waals surface area contributed by atoms with Crippen molar-refractivity contribution < 1.29 is 22.7 Å². The number of aryl methyl sites for hydroxylation is 1. The highest BCUT2D eigenvalue weighted by molar-refractivity contribution is 5.94. The zero-order valence-corrected chi connectivity index (χ0v) is 18.3. The van der Waals surface area contributed by atoms with Crippen molar-refractivity contribution in [2.75, 3.05) is 5.32 Å². The molecule has 0 radical (unpaired) electrons. The van der Waals surface area contributed by atoms with Crippen molar-refractivity contribution >= 4 is 17.7 Å². The van der Waals surface area contributed by atoms with E-state index >= 15 is 0 Å². The lowest BCUT2D eigenvalue weighted by Gasteiger charge is -2.32. The van der Waals surface area contributed by atoms with E-state index in [0.717, 1.165) is 44.1 Å². The molecule has 0 fully saturated rings. The number of hydrogen-bond donors (Lipinski definition) is 1. The lowest BCUT2D eigenvalue weighted by Crippen LogP contribution is -2.32. The smallest absolute Gasteiger partial charge is 0.397 e. The zero-order valence-electron chi connectivity index (χ0n) is 18.3. The Hall–Kier alpha value is -2.24.